The third-order valence-corrected chi connectivity index (χ3v) is 7.31. The molecule has 0 radical (unpaired) electrons. The first-order valence-corrected chi connectivity index (χ1v) is 12.3. The Labute approximate surface area is 224 Å². The highest BCUT2D eigenvalue weighted by Crippen LogP contribution is 2.50. The molecule has 216 valence electrons. The van der Waals surface area contributed by atoms with Crippen LogP contribution in [0.2, 0.25) is 0 Å². The number of aromatic hydroxyl groups is 3. The second kappa shape index (κ2) is 10.6. The lowest BCUT2D eigenvalue weighted by molar-refractivity contribution is -0.231. The van der Waals surface area contributed by atoms with Gasteiger partial charge in [0.05, 0.1) is 24.3 Å². The third-order valence-electron chi connectivity index (χ3n) is 7.31. The summed E-state index contributed by atoms with van der Waals surface area (Å²) in [5.74, 6) is -2.00. The van der Waals surface area contributed by atoms with E-state index in [1.165, 1.54) is 24.3 Å². The van der Waals surface area contributed by atoms with Gasteiger partial charge in [-0.15, -0.1) is 0 Å². The third kappa shape index (κ3) is 4.49. The lowest BCUT2D eigenvalue weighted by Gasteiger charge is -2.41. The molecule has 14 nitrogen and oxygen atoms in total. The molecule has 2 fully saturated rings. The largest absolute Gasteiger partial charge is 0.508 e. The van der Waals surface area contributed by atoms with Gasteiger partial charge in [-0.3, -0.25) is 4.79 Å². The maximum atomic E-state index is 13.4. The predicted octanol–water partition coefficient (Wildman–Crippen LogP) is -1.75. The van der Waals surface area contributed by atoms with Crippen molar-refractivity contribution in [2.45, 2.75) is 54.9 Å². The van der Waals surface area contributed by atoms with Gasteiger partial charge in [0.1, 0.15) is 83.3 Å². The lowest BCUT2D eigenvalue weighted by Crippen LogP contribution is -2.55. The predicted molar refractivity (Wildman–Crippen MR) is 132 cm³/mol. The van der Waals surface area contributed by atoms with E-state index in [9.17, 15) is 55.9 Å². The van der Waals surface area contributed by atoms with Gasteiger partial charge >= 0.3 is 0 Å². The molecule has 0 aliphatic carbocycles. The minimum Gasteiger partial charge on any atom is -0.508 e. The molecular formula is C26H28O14. The van der Waals surface area contributed by atoms with Crippen LogP contribution in [-0.4, -0.2) is 107 Å². The summed E-state index contributed by atoms with van der Waals surface area (Å²) in [5.41, 5.74) is -2.19. The molecule has 10 N–H and O–H groups in total. The van der Waals surface area contributed by atoms with Crippen LogP contribution in [0.4, 0.5) is 0 Å². The first-order valence-electron chi connectivity index (χ1n) is 12.3. The first kappa shape index (κ1) is 28.2. The van der Waals surface area contributed by atoms with Crippen LogP contribution in [0.25, 0.3) is 22.3 Å². The van der Waals surface area contributed by atoms with E-state index in [-0.39, 0.29) is 11.5 Å². The quantitative estimate of drug-likeness (QED) is 0.169. The molecule has 0 amide bonds. The Morgan fingerprint density at radius 3 is 2.08 bits per heavy atom. The number of benzene rings is 2. The van der Waals surface area contributed by atoms with Gasteiger partial charge in [0.15, 0.2) is 11.0 Å². The Bertz CT molecular complexity index is 1450. The maximum Gasteiger partial charge on any atom is 0.197 e. The van der Waals surface area contributed by atoms with Crippen molar-refractivity contribution in [3.05, 3.63) is 51.7 Å². The van der Waals surface area contributed by atoms with Crippen LogP contribution < -0.4 is 5.43 Å². The van der Waals surface area contributed by atoms with Crippen molar-refractivity contribution >= 4 is 11.0 Å². The van der Waals surface area contributed by atoms with Crippen molar-refractivity contribution in [1.82, 2.24) is 0 Å². The lowest BCUT2D eigenvalue weighted by atomic mass is 9.85. The van der Waals surface area contributed by atoms with Crippen LogP contribution in [0.5, 0.6) is 17.2 Å². The Balaban J connectivity index is 1.81. The van der Waals surface area contributed by atoms with Crippen molar-refractivity contribution in [3.63, 3.8) is 0 Å². The highest BCUT2D eigenvalue weighted by atomic mass is 16.5. The Morgan fingerprint density at radius 2 is 1.43 bits per heavy atom. The van der Waals surface area contributed by atoms with Gasteiger partial charge in [0.2, 0.25) is 0 Å². The maximum absolute atomic E-state index is 13.4. The standard InChI is InChI=1S/C26H28O14/c27-6-13-18(32)21(35)23(37)26(40-13)16-20(34)15(25-22(36)17(31)11(30)7-38-25)19(33)14-10(29)5-12(39-24(14)16)8-1-3-9(28)4-2-8/h1-5,11,13,17-18,21-23,25-28,30-37H,6-7H2/t11-,13+,17-,18-,21-,22-,23-,25+,26-/m1/s1. The summed E-state index contributed by atoms with van der Waals surface area (Å²) in [5, 5.41) is 104. The number of hydrogen-bond acceptors (Lipinski definition) is 14. The first-order chi connectivity index (χ1) is 19.0. The highest BCUT2D eigenvalue weighted by molar-refractivity contribution is 5.92. The zero-order chi connectivity index (χ0) is 29.0. The number of ether oxygens (including phenoxy) is 2. The van der Waals surface area contributed by atoms with Gasteiger partial charge in [-0.05, 0) is 24.3 Å². The fourth-order valence-electron chi connectivity index (χ4n) is 5.11. The molecule has 0 unspecified atom stereocenters. The van der Waals surface area contributed by atoms with E-state index in [4.69, 9.17) is 13.9 Å². The van der Waals surface area contributed by atoms with Crippen LogP contribution >= 0.6 is 0 Å². The molecule has 0 spiro atoms. The van der Waals surface area contributed by atoms with Gasteiger partial charge in [-0.2, -0.15) is 0 Å². The summed E-state index contributed by atoms with van der Waals surface area (Å²) in [7, 11) is 0. The highest BCUT2D eigenvalue weighted by Gasteiger charge is 2.48. The summed E-state index contributed by atoms with van der Waals surface area (Å²) < 4.78 is 16.9. The topological polar surface area (TPSA) is 251 Å². The van der Waals surface area contributed by atoms with Gasteiger partial charge in [-0.1, -0.05) is 0 Å². The summed E-state index contributed by atoms with van der Waals surface area (Å²) in [6, 6.07) is 6.47. The average molecular weight is 564 g/mol. The molecule has 2 aliphatic heterocycles. The number of phenolic OH excluding ortho intramolecular Hbond substituents is 3. The van der Waals surface area contributed by atoms with E-state index in [1.54, 1.807) is 0 Å². The van der Waals surface area contributed by atoms with Crippen molar-refractivity contribution in [1.29, 1.82) is 0 Å². The van der Waals surface area contributed by atoms with Crippen molar-refractivity contribution in [2.24, 2.45) is 0 Å². The number of fused-ring (bicyclic) bond motifs is 1. The van der Waals surface area contributed by atoms with Gasteiger partial charge in [0, 0.05) is 11.6 Å². The van der Waals surface area contributed by atoms with E-state index in [2.05, 4.69) is 0 Å². The van der Waals surface area contributed by atoms with Crippen molar-refractivity contribution < 1.29 is 65.0 Å². The van der Waals surface area contributed by atoms with Crippen molar-refractivity contribution in [3.8, 4) is 28.6 Å². The number of rotatable bonds is 4. The minimum absolute atomic E-state index is 0.0767. The number of aliphatic hydroxyl groups is 7. The van der Waals surface area contributed by atoms with E-state index in [0.29, 0.717) is 5.56 Å². The normalized spacial score (nSPS) is 32.8. The van der Waals surface area contributed by atoms with Crippen LogP contribution in [0.15, 0.2) is 39.5 Å². The van der Waals surface area contributed by atoms with Gasteiger partial charge in [-0.25, -0.2) is 0 Å². The summed E-state index contributed by atoms with van der Waals surface area (Å²) in [4.78, 5) is 13.4. The number of phenols is 3. The average Bonchev–Trinajstić information content (AvgIpc) is 2.92. The molecule has 0 bridgehead atoms. The van der Waals surface area contributed by atoms with E-state index < -0.39 is 107 Å². The zero-order valence-corrected chi connectivity index (χ0v) is 20.6. The molecule has 3 aromatic rings. The molecular weight excluding hydrogens is 536 g/mol. The van der Waals surface area contributed by atoms with Crippen molar-refractivity contribution in [2.75, 3.05) is 13.2 Å². The Kier molecular flexibility index (Phi) is 7.47. The molecule has 2 aliphatic rings. The molecule has 14 heteroatoms. The van der Waals surface area contributed by atoms with Crippen LogP contribution in [0.1, 0.15) is 23.3 Å². The van der Waals surface area contributed by atoms with E-state index in [1.807, 2.05) is 0 Å². The second-order valence-electron chi connectivity index (χ2n) is 9.80. The fourth-order valence-corrected chi connectivity index (χ4v) is 5.11. The van der Waals surface area contributed by atoms with E-state index in [0.717, 1.165) is 6.07 Å². The molecule has 40 heavy (non-hydrogen) atoms. The molecule has 2 saturated heterocycles. The number of hydrogen-bond donors (Lipinski definition) is 10. The summed E-state index contributed by atoms with van der Waals surface area (Å²) >= 11 is 0. The van der Waals surface area contributed by atoms with Crippen LogP contribution in [0, 0.1) is 0 Å². The molecule has 0 saturated carbocycles. The fraction of sp³-hybridized carbons (Fsp3) is 0.423. The molecule has 1 aromatic heterocycles. The molecule has 2 aromatic carbocycles. The summed E-state index contributed by atoms with van der Waals surface area (Å²) in [6.45, 7) is -1.34. The van der Waals surface area contributed by atoms with Crippen LogP contribution in [0.3, 0.4) is 0 Å². The van der Waals surface area contributed by atoms with E-state index >= 15 is 0 Å². The van der Waals surface area contributed by atoms with Gasteiger partial charge in [0.25, 0.3) is 0 Å². The molecule has 9 atom stereocenters. The SMILES string of the molecule is O=c1cc(-c2ccc(O)cc2)oc2c([C@H]3O[C@@H](CO)[C@@H](O)[C@@H](O)[C@H]3O)c(O)c([C@@H]3OC[C@@H](O)[C@@H](O)[C@H]3O)c(O)c12. The number of aliphatic hydroxyl groups excluding tert-OH is 7. The minimum atomic E-state index is -1.96. The Morgan fingerprint density at radius 1 is 0.775 bits per heavy atom. The second-order valence-corrected chi connectivity index (χ2v) is 9.80. The monoisotopic (exact) mass is 564 g/mol. The Hall–Kier alpha value is -3.31. The smallest absolute Gasteiger partial charge is 0.197 e. The summed E-state index contributed by atoms with van der Waals surface area (Å²) in [6.07, 6.45) is -15.7. The van der Waals surface area contributed by atoms with Crippen LogP contribution in [-0.2, 0) is 9.47 Å². The molecule has 5 rings (SSSR count). The molecule has 3 heterocycles. The zero-order valence-electron chi connectivity index (χ0n) is 20.6. The van der Waals surface area contributed by atoms with Gasteiger partial charge < -0.3 is 65.0 Å².